The molecule has 0 radical (unpaired) electrons. The highest BCUT2D eigenvalue weighted by molar-refractivity contribution is 7.98. The highest BCUT2D eigenvalue weighted by Gasteiger charge is 2.40. The van der Waals surface area contributed by atoms with E-state index in [1.54, 1.807) is 43.3 Å². The lowest BCUT2D eigenvalue weighted by molar-refractivity contribution is 0.0777. The fraction of sp³-hybridized carbons (Fsp3) is 0.333. The van der Waals surface area contributed by atoms with Gasteiger partial charge in [-0.3, -0.25) is 9.59 Å². The molecule has 5 nitrogen and oxygen atoms in total. The molecule has 2 aromatic carbocycles. The van der Waals surface area contributed by atoms with Gasteiger partial charge < -0.3 is 9.53 Å². The average molecular weight is 416 g/mol. The van der Waals surface area contributed by atoms with Crippen molar-refractivity contribution in [3.8, 4) is 11.5 Å². The van der Waals surface area contributed by atoms with Crippen LogP contribution in [-0.2, 0) is 0 Å². The Morgan fingerprint density at radius 2 is 1.57 bits per heavy atom. The molecule has 148 valence electrons. The fourth-order valence-corrected chi connectivity index (χ4v) is 4.63. The number of carbonyl (C=O) groups excluding carboxylic acids is 2. The van der Waals surface area contributed by atoms with Crippen LogP contribution in [-0.4, -0.2) is 29.5 Å². The van der Waals surface area contributed by atoms with E-state index < -0.39 is 8.32 Å². The molecule has 1 heterocycles. The molecule has 28 heavy (non-hydrogen) atoms. The molecule has 0 fully saturated rings. The van der Waals surface area contributed by atoms with E-state index in [9.17, 15) is 14.7 Å². The predicted molar refractivity (Wildman–Crippen MR) is 113 cm³/mol. The van der Waals surface area contributed by atoms with E-state index >= 15 is 0 Å². The predicted octanol–water partition coefficient (Wildman–Crippen LogP) is 5.39. The van der Waals surface area contributed by atoms with Crippen LogP contribution in [0.2, 0.25) is 18.1 Å². The minimum Gasteiger partial charge on any atom is -0.543 e. The van der Waals surface area contributed by atoms with Crippen molar-refractivity contribution in [3.05, 3.63) is 53.1 Å². The molecule has 0 saturated heterocycles. The second-order valence-corrected chi connectivity index (χ2v) is 14.2. The van der Waals surface area contributed by atoms with Crippen molar-refractivity contribution in [2.24, 2.45) is 0 Å². The van der Waals surface area contributed by atoms with E-state index in [4.69, 9.17) is 4.43 Å². The van der Waals surface area contributed by atoms with Crippen molar-refractivity contribution in [3.63, 3.8) is 0 Å². The molecule has 0 aliphatic carbocycles. The van der Waals surface area contributed by atoms with E-state index in [2.05, 4.69) is 33.9 Å². The monoisotopic (exact) mass is 415 g/mol. The quantitative estimate of drug-likeness (QED) is 0.412. The number of hydrogen-bond donors (Lipinski definition) is 1. The van der Waals surface area contributed by atoms with Gasteiger partial charge in [0.05, 0.1) is 16.0 Å². The maximum atomic E-state index is 12.6. The van der Waals surface area contributed by atoms with Crippen LogP contribution in [0.5, 0.6) is 11.5 Å². The summed E-state index contributed by atoms with van der Waals surface area (Å²) in [5.74, 6) is -0.0677. The SMILES string of the molecule is Cc1cc(O[Si](C)(C)C(C)(C)C)cc(SN2C(=O)c3ccccc3C2=O)c1O. The summed E-state index contributed by atoms with van der Waals surface area (Å²) >= 11 is 0.932. The van der Waals surface area contributed by atoms with Crippen molar-refractivity contribution >= 4 is 32.1 Å². The zero-order chi connectivity index (χ0) is 20.9. The first-order valence-electron chi connectivity index (χ1n) is 9.11. The van der Waals surface area contributed by atoms with Crippen molar-refractivity contribution in [2.45, 2.75) is 50.7 Å². The van der Waals surface area contributed by atoms with Gasteiger partial charge in [0.2, 0.25) is 8.32 Å². The summed E-state index contributed by atoms with van der Waals surface area (Å²) in [6.45, 7) is 12.5. The number of hydrogen-bond acceptors (Lipinski definition) is 5. The van der Waals surface area contributed by atoms with Crippen molar-refractivity contribution in [2.75, 3.05) is 0 Å². The molecular formula is C21H25NO4SSi. The van der Waals surface area contributed by atoms with Crippen molar-refractivity contribution in [1.29, 1.82) is 0 Å². The zero-order valence-electron chi connectivity index (χ0n) is 17.0. The van der Waals surface area contributed by atoms with Gasteiger partial charge in [0.25, 0.3) is 11.8 Å². The number of carbonyl (C=O) groups is 2. The number of aryl methyl sites for hydroxylation is 1. The van der Waals surface area contributed by atoms with Crippen LogP contribution in [0.4, 0.5) is 0 Å². The number of phenolic OH excluding ortho intramolecular Hbond substituents is 1. The van der Waals surface area contributed by atoms with Gasteiger partial charge in [-0.1, -0.05) is 32.9 Å². The number of aromatic hydroxyl groups is 1. The third kappa shape index (κ3) is 3.56. The summed E-state index contributed by atoms with van der Waals surface area (Å²) in [5.41, 5.74) is 1.39. The van der Waals surface area contributed by atoms with Crippen LogP contribution >= 0.6 is 11.9 Å². The second-order valence-electron chi connectivity index (χ2n) is 8.49. The topological polar surface area (TPSA) is 66.8 Å². The molecule has 1 aliphatic rings. The highest BCUT2D eigenvalue weighted by atomic mass is 32.2. The molecule has 2 aromatic rings. The minimum absolute atomic E-state index is 0.0224. The van der Waals surface area contributed by atoms with Crippen LogP contribution in [0.3, 0.4) is 0 Å². The Bertz CT molecular complexity index is 930. The zero-order valence-corrected chi connectivity index (χ0v) is 18.8. The van der Waals surface area contributed by atoms with Gasteiger partial charge in [0, 0.05) is 11.9 Å². The molecule has 0 saturated carbocycles. The van der Waals surface area contributed by atoms with E-state index in [1.807, 2.05) is 0 Å². The lowest BCUT2D eigenvalue weighted by Gasteiger charge is -2.36. The number of fused-ring (bicyclic) bond motifs is 1. The van der Waals surface area contributed by atoms with Crippen LogP contribution in [0.15, 0.2) is 41.3 Å². The average Bonchev–Trinajstić information content (AvgIpc) is 2.83. The lowest BCUT2D eigenvalue weighted by atomic mass is 10.1. The number of amides is 2. The van der Waals surface area contributed by atoms with Gasteiger partial charge in [0.1, 0.15) is 11.5 Å². The van der Waals surface area contributed by atoms with Gasteiger partial charge in [-0.05, 0) is 54.9 Å². The van der Waals surface area contributed by atoms with E-state index in [-0.39, 0.29) is 22.6 Å². The highest BCUT2D eigenvalue weighted by Crippen LogP contribution is 2.43. The molecule has 7 heteroatoms. The molecular weight excluding hydrogens is 390 g/mol. The number of imide groups is 1. The Hall–Kier alpha value is -2.25. The lowest BCUT2D eigenvalue weighted by Crippen LogP contribution is -2.43. The largest absolute Gasteiger partial charge is 0.543 e. The summed E-state index contributed by atoms with van der Waals surface area (Å²) < 4.78 is 7.44. The maximum Gasteiger partial charge on any atom is 0.272 e. The maximum absolute atomic E-state index is 12.6. The molecule has 1 aliphatic heterocycles. The molecule has 0 bridgehead atoms. The Labute approximate surface area is 171 Å². The number of phenols is 1. The van der Waals surface area contributed by atoms with Crippen LogP contribution in [0.1, 0.15) is 47.1 Å². The molecule has 0 aromatic heterocycles. The van der Waals surface area contributed by atoms with Crippen molar-refractivity contribution < 1.29 is 19.1 Å². The normalized spacial score (nSPS) is 14.4. The third-order valence-electron chi connectivity index (χ3n) is 5.36. The first-order valence-corrected chi connectivity index (χ1v) is 12.8. The van der Waals surface area contributed by atoms with Crippen molar-refractivity contribution in [1.82, 2.24) is 4.31 Å². The molecule has 0 atom stereocenters. The van der Waals surface area contributed by atoms with Gasteiger partial charge >= 0.3 is 0 Å². The van der Waals surface area contributed by atoms with E-state index in [1.165, 1.54) is 0 Å². The summed E-state index contributed by atoms with van der Waals surface area (Å²) in [4.78, 5) is 25.7. The molecule has 1 N–H and O–H groups in total. The second kappa shape index (κ2) is 6.97. The van der Waals surface area contributed by atoms with Gasteiger partial charge in [-0.2, -0.15) is 0 Å². The Kier molecular flexibility index (Phi) is 5.10. The summed E-state index contributed by atoms with van der Waals surface area (Å²) in [7, 11) is -2.07. The Morgan fingerprint density at radius 3 is 2.07 bits per heavy atom. The number of nitrogens with zero attached hydrogens (tertiary/aromatic N) is 1. The summed E-state index contributed by atoms with van der Waals surface area (Å²) in [5, 5.41) is 10.5. The molecule has 0 spiro atoms. The Balaban J connectivity index is 1.93. The van der Waals surface area contributed by atoms with Crippen LogP contribution in [0.25, 0.3) is 0 Å². The number of rotatable bonds is 4. The smallest absolute Gasteiger partial charge is 0.272 e. The summed E-state index contributed by atoms with van der Waals surface area (Å²) in [6.07, 6.45) is 0. The fourth-order valence-electron chi connectivity index (χ4n) is 2.64. The third-order valence-corrected chi connectivity index (χ3v) is 10.7. The van der Waals surface area contributed by atoms with Crippen LogP contribution < -0.4 is 4.43 Å². The standard InChI is InChI=1S/C21H25NO4SSi/c1-13-11-14(26-28(5,6)21(2,3)4)12-17(18(13)23)27-22-19(24)15-9-7-8-10-16(15)20(22)25/h7-12,23H,1-6H3. The van der Waals surface area contributed by atoms with E-state index in [0.717, 1.165) is 16.3 Å². The van der Waals surface area contributed by atoms with Crippen LogP contribution in [0, 0.1) is 6.92 Å². The molecule has 0 unspecified atom stereocenters. The van der Waals surface area contributed by atoms with Gasteiger partial charge in [-0.15, -0.1) is 0 Å². The number of benzene rings is 2. The first-order chi connectivity index (χ1) is 12.9. The molecule has 3 rings (SSSR count). The molecule has 2 amide bonds. The first kappa shape index (κ1) is 20.5. The van der Waals surface area contributed by atoms with Gasteiger partial charge in [0.15, 0.2) is 0 Å². The summed E-state index contributed by atoms with van der Waals surface area (Å²) in [6, 6.07) is 10.2. The Morgan fingerprint density at radius 1 is 1.04 bits per heavy atom. The van der Waals surface area contributed by atoms with Gasteiger partial charge in [-0.25, -0.2) is 4.31 Å². The van der Waals surface area contributed by atoms with E-state index in [0.29, 0.717) is 27.3 Å². The minimum atomic E-state index is -2.07.